The standard InChI is InChI=1S/C21H23NO3/c23-17-16-22(15-7-10-18-8-3-1-4-9-18)21(25)14-13-20(24)19-11-5-2-6-12-19/h1-12,23H,13-17H2/b10-7+. The van der Waals surface area contributed by atoms with E-state index >= 15 is 0 Å². The largest absolute Gasteiger partial charge is 0.395 e. The van der Waals surface area contributed by atoms with Gasteiger partial charge in [-0.2, -0.15) is 0 Å². The second-order valence-electron chi connectivity index (χ2n) is 5.67. The van der Waals surface area contributed by atoms with E-state index in [1.807, 2.05) is 60.7 Å². The molecule has 0 heterocycles. The van der Waals surface area contributed by atoms with Crippen LogP contribution < -0.4 is 0 Å². The van der Waals surface area contributed by atoms with Gasteiger partial charge in [0.25, 0.3) is 0 Å². The molecule has 0 radical (unpaired) electrons. The molecule has 0 unspecified atom stereocenters. The van der Waals surface area contributed by atoms with Crippen LogP contribution in [0.3, 0.4) is 0 Å². The number of hydrogen-bond donors (Lipinski definition) is 1. The molecule has 0 spiro atoms. The molecular formula is C21H23NO3. The van der Waals surface area contributed by atoms with Crippen molar-refractivity contribution in [2.75, 3.05) is 19.7 Å². The lowest BCUT2D eigenvalue weighted by molar-refractivity contribution is -0.131. The molecule has 25 heavy (non-hydrogen) atoms. The fourth-order valence-electron chi connectivity index (χ4n) is 2.47. The first-order valence-electron chi connectivity index (χ1n) is 8.39. The van der Waals surface area contributed by atoms with Gasteiger partial charge in [-0.25, -0.2) is 0 Å². The Morgan fingerprint density at radius 3 is 2.20 bits per heavy atom. The van der Waals surface area contributed by atoms with Crippen molar-refractivity contribution in [2.24, 2.45) is 0 Å². The first-order chi connectivity index (χ1) is 12.2. The molecule has 4 nitrogen and oxygen atoms in total. The molecule has 1 N–H and O–H groups in total. The number of amides is 1. The van der Waals surface area contributed by atoms with Crippen LogP contribution in [0.1, 0.15) is 28.8 Å². The van der Waals surface area contributed by atoms with E-state index in [2.05, 4.69) is 0 Å². The predicted octanol–water partition coefficient (Wildman–Crippen LogP) is 3.18. The van der Waals surface area contributed by atoms with Crippen molar-refractivity contribution in [3.63, 3.8) is 0 Å². The quantitative estimate of drug-likeness (QED) is 0.715. The topological polar surface area (TPSA) is 57.6 Å². The second-order valence-corrected chi connectivity index (χ2v) is 5.67. The van der Waals surface area contributed by atoms with Gasteiger partial charge in [0.1, 0.15) is 0 Å². The third kappa shape index (κ3) is 6.36. The predicted molar refractivity (Wildman–Crippen MR) is 99.1 cm³/mol. The van der Waals surface area contributed by atoms with Gasteiger partial charge in [0.2, 0.25) is 5.91 Å². The molecule has 0 aliphatic rings. The maximum absolute atomic E-state index is 12.3. The van der Waals surface area contributed by atoms with E-state index in [4.69, 9.17) is 0 Å². The number of rotatable bonds is 9. The third-order valence-electron chi connectivity index (χ3n) is 3.82. The average Bonchev–Trinajstić information content (AvgIpc) is 2.66. The minimum Gasteiger partial charge on any atom is -0.395 e. The van der Waals surface area contributed by atoms with Gasteiger partial charge in [-0.1, -0.05) is 72.8 Å². The smallest absolute Gasteiger partial charge is 0.223 e. The molecule has 0 aliphatic heterocycles. The summed E-state index contributed by atoms with van der Waals surface area (Å²) in [4.78, 5) is 26.0. The van der Waals surface area contributed by atoms with Crippen LogP contribution in [-0.4, -0.2) is 41.4 Å². The number of benzene rings is 2. The Bertz CT molecular complexity index is 696. The Morgan fingerprint density at radius 2 is 1.56 bits per heavy atom. The van der Waals surface area contributed by atoms with Crippen LogP contribution in [0.4, 0.5) is 0 Å². The van der Waals surface area contributed by atoms with E-state index in [9.17, 15) is 14.7 Å². The van der Waals surface area contributed by atoms with Gasteiger partial charge in [-0.15, -0.1) is 0 Å². The average molecular weight is 337 g/mol. The third-order valence-corrected chi connectivity index (χ3v) is 3.82. The first-order valence-corrected chi connectivity index (χ1v) is 8.39. The SMILES string of the molecule is O=C(CCC(=O)N(C/C=C/c1ccccc1)CCO)c1ccccc1. The summed E-state index contributed by atoms with van der Waals surface area (Å²) in [6.45, 7) is 0.572. The molecule has 0 aromatic heterocycles. The lowest BCUT2D eigenvalue weighted by atomic mass is 10.1. The highest BCUT2D eigenvalue weighted by Gasteiger charge is 2.14. The Hall–Kier alpha value is -2.72. The molecule has 2 rings (SSSR count). The molecule has 0 saturated heterocycles. The molecule has 1 amide bonds. The monoisotopic (exact) mass is 337 g/mol. The summed E-state index contributed by atoms with van der Waals surface area (Å²) in [5, 5.41) is 9.17. The molecule has 0 bridgehead atoms. The normalized spacial score (nSPS) is 10.8. The van der Waals surface area contributed by atoms with Gasteiger partial charge in [0.15, 0.2) is 5.78 Å². The molecule has 2 aromatic rings. The molecular weight excluding hydrogens is 314 g/mol. The van der Waals surface area contributed by atoms with E-state index in [0.29, 0.717) is 12.1 Å². The fraction of sp³-hybridized carbons (Fsp3) is 0.238. The van der Waals surface area contributed by atoms with Gasteiger partial charge >= 0.3 is 0 Å². The molecule has 2 aromatic carbocycles. The van der Waals surface area contributed by atoms with Gasteiger partial charge < -0.3 is 10.0 Å². The number of carbonyl (C=O) groups excluding carboxylic acids is 2. The number of aliphatic hydroxyl groups is 1. The molecule has 4 heteroatoms. The van der Waals surface area contributed by atoms with E-state index < -0.39 is 0 Å². The fourth-order valence-corrected chi connectivity index (χ4v) is 2.47. The second kappa shape index (κ2) is 10.2. The minimum atomic E-state index is -0.129. The highest BCUT2D eigenvalue weighted by Crippen LogP contribution is 2.08. The number of carbonyl (C=O) groups is 2. The maximum Gasteiger partial charge on any atom is 0.223 e. The Kier molecular flexibility index (Phi) is 7.60. The van der Waals surface area contributed by atoms with Crippen LogP contribution in [0, 0.1) is 0 Å². The van der Waals surface area contributed by atoms with Crippen LogP contribution in [0.5, 0.6) is 0 Å². The molecule has 130 valence electrons. The van der Waals surface area contributed by atoms with Crippen LogP contribution in [0.25, 0.3) is 6.08 Å². The number of aliphatic hydroxyl groups excluding tert-OH is 1. The highest BCUT2D eigenvalue weighted by molar-refractivity contribution is 5.97. The maximum atomic E-state index is 12.3. The summed E-state index contributed by atoms with van der Waals surface area (Å²) in [6.07, 6.45) is 4.15. The van der Waals surface area contributed by atoms with E-state index in [1.165, 1.54) is 0 Å². The van der Waals surface area contributed by atoms with Crippen LogP contribution in [0.2, 0.25) is 0 Å². The van der Waals surface area contributed by atoms with Crippen molar-refractivity contribution in [1.29, 1.82) is 0 Å². The summed E-state index contributed by atoms with van der Waals surface area (Å²) in [6, 6.07) is 18.8. The van der Waals surface area contributed by atoms with Crippen molar-refractivity contribution >= 4 is 17.8 Å². The van der Waals surface area contributed by atoms with Gasteiger partial charge in [0, 0.05) is 31.5 Å². The van der Waals surface area contributed by atoms with Crippen LogP contribution in [0.15, 0.2) is 66.7 Å². The van der Waals surface area contributed by atoms with Gasteiger partial charge in [-0.05, 0) is 5.56 Å². The lowest BCUT2D eigenvalue weighted by Crippen LogP contribution is -2.33. The number of ketones is 1. The summed E-state index contributed by atoms with van der Waals surface area (Å²) in [5.41, 5.74) is 1.67. The van der Waals surface area contributed by atoms with Crippen molar-refractivity contribution in [3.8, 4) is 0 Å². The van der Waals surface area contributed by atoms with Crippen molar-refractivity contribution in [2.45, 2.75) is 12.8 Å². The van der Waals surface area contributed by atoms with Crippen molar-refractivity contribution in [3.05, 3.63) is 77.9 Å². The zero-order chi connectivity index (χ0) is 17.9. The first kappa shape index (κ1) is 18.6. The van der Waals surface area contributed by atoms with Crippen molar-refractivity contribution < 1.29 is 14.7 Å². The number of hydrogen-bond acceptors (Lipinski definition) is 3. The molecule has 0 atom stereocenters. The Labute approximate surface area is 148 Å². The summed E-state index contributed by atoms with van der Waals surface area (Å²) >= 11 is 0. The number of Topliss-reactive ketones (excluding diaryl/α,β-unsaturated/α-hetero) is 1. The van der Waals surface area contributed by atoms with E-state index in [0.717, 1.165) is 5.56 Å². The number of nitrogens with zero attached hydrogens (tertiary/aromatic N) is 1. The van der Waals surface area contributed by atoms with E-state index in [1.54, 1.807) is 17.0 Å². The zero-order valence-electron chi connectivity index (χ0n) is 14.2. The van der Waals surface area contributed by atoms with Gasteiger partial charge in [0.05, 0.1) is 6.61 Å². The zero-order valence-corrected chi connectivity index (χ0v) is 14.2. The highest BCUT2D eigenvalue weighted by atomic mass is 16.3. The Balaban J connectivity index is 1.87. The summed E-state index contributed by atoms with van der Waals surface area (Å²) < 4.78 is 0. The Morgan fingerprint density at radius 1 is 0.920 bits per heavy atom. The van der Waals surface area contributed by atoms with Crippen LogP contribution in [-0.2, 0) is 4.79 Å². The van der Waals surface area contributed by atoms with Gasteiger partial charge in [-0.3, -0.25) is 9.59 Å². The molecule has 0 saturated carbocycles. The molecule has 0 aliphatic carbocycles. The van der Waals surface area contributed by atoms with Crippen LogP contribution >= 0.6 is 0 Å². The minimum absolute atomic E-state index is 0.0438. The van der Waals surface area contributed by atoms with Crippen molar-refractivity contribution in [1.82, 2.24) is 4.90 Å². The molecule has 0 fully saturated rings. The van der Waals surface area contributed by atoms with E-state index in [-0.39, 0.29) is 37.7 Å². The lowest BCUT2D eigenvalue weighted by Gasteiger charge is -2.20. The summed E-state index contributed by atoms with van der Waals surface area (Å²) in [5.74, 6) is -0.172. The summed E-state index contributed by atoms with van der Waals surface area (Å²) in [7, 11) is 0.